The molecule has 1 heterocycles. The Labute approximate surface area is 98.9 Å². The Hall–Kier alpha value is -0.530. The molecule has 0 radical (unpaired) electrons. The molecule has 1 aliphatic heterocycles. The van der Waals surface area contributed by atoms with Crippen LogP contribution in [0, 0.1) is 16.7 Å². The van der Waals surface area contributed by atoms with Crippen molar-refractivity contribution in [2.75, 3.05) is 6.54 Å². The summed E-state index contributed by atoms with van der Waals surface area (Å²) >= 11 is 0. The van der Waals surface area contributed by atoms with E-state index in [1.54, 1.807) is 0 Å². The largest absolute Gasteiger partial charge is 0.371 e. The molecule has 0 aromatic carbocycles. The minimum Gasteiger partial charge on any atom is -0.371 e. The maximum absolute atomic E-state index is 4.57. The number of amidine groups is 1. The lowest BCUT2D eigenvalue weighted by molar-refractivity contribution is 0.129. The number of nitrogens with one attached hydrogen (secondary N) is 1. The van der Waals surface area contributed by atoms with Crippen LogP contribution >= 0.6 is 0 Å². The summed E-state index contributed by atoms with van der Waals surface area (Å²) in [6, 6.07) is 0.679. The molecule has 2 fully saturated rings. The van der Waals surface area contributed by atoms with Crippen LogP contribution in [0.3, 0.4) is 0 Å². The molecule has 2 aliphatic carbocycles. The first-order chi connectivity index (χ1) is 7.54. The summed E-state index contributed by atoms with van der Waals surface area (Å²) in [6.45, 7) is 8.48. The summed E-state index contributed by atoms with van der Waals surface area (Å²) in [5.74, 6) is 2.21. The molecule has 0 aromatic heterocycles. The van der Waals surface area contributed by atoms with Crippen molar-refractivity contribution in [3.05, 3.63) is 0 Å². The van der Waals surface area contributed by atoms with Crippen LogP contribution in [0.1, 0.15) is 52.9 Å². The lowest BCUT2D eigenvalue weighted by atomic mass is 9.69. The monoisotopic (exact) mass is 220 g/mol. The van der Waals surface area contributed by atoms with Crippen LogP contribution in [0.4, 0.5) is 0 Å². The van der Waals surface area contributed by atoms with Crippen molar-refractivity contribution in [3.8, 4) is 0 Å². The smallest absolute Gasteiger partial charge is 0.0966 e. The van der Waals surface area contributed by atoms with Gasteiger partial charge in [-0.05, 0) is 42.4 Å². The summed E-state index contributed by atoms with van der Waals surface area (Å²) in [4.78, 5) is 4.57. The highest BCUT2D eigenvalue weighted by atomic mass is 15.1. The standard InChI is InChI=1S/C14H24N2/c1-13(2)10-6-7-14(13,3)11(9-10)16-12-5-4-8-15-12/h10-11H,4-9H2,1-3H3,(H,15,16)/t10-,11-,14-/m1/s1. The minimum atomic E-state index is 0.489. The fraction of sp³-hybridized carbons (Fsp3) is 0.929. The maximum atomic E-state index is 4.57. The second-order valence-electron chi connectivity index (χ2n) is 6.74. The number of fused-ring (bicyclic) bond motifs is 2. The predicted octanol–water partition coefficient (Wildman–Crippen LogP) is 2.98. The van der Waals surface area contributed by atoms with Gasteiger partial charge in [-0.1, -0.05) is 20.8 Å². The van der Waals surface area contributed by atoms with Crippen LogP contribution in [0.2, 0.25) is 0 Å². The van der Waals surface area contributed by atoms with Crippen LogP contribution in [0.15, 0.2) is 4.99 Å². The average molecular weight is 220 g/mol. The molecule has 2 saturated carbocycles. The van der Waals surface area contributed by atoms with Crippen LogP contribution in [0.25, 0.3) is 0 Å². The SMILES string of the molecule is CC1(C)[C@@H]2CC[C@]1(C)[C@H](NC1=NCCC1)C2. The van der Waals surface area contributed by atoms with E-state index >= 15 is 0 Å². The van der Waals surface area contributed by atoms with Crippen molar-refractivity contribution in [2.24, 2.45) is 21.7 Å². The van der Waals surface area contributed by atoms with E-state index in [0.717, 1.165) is 12.5 Å². The molecule has 1 N–H and O–H groups in total. The van der Waals surface area contributed by atoms with Crippen molar-refractivity contribution in [3.63, 3.8) is 0 Å². The highest BCUT2D eigenvalue weighted by Crippen LogP contribution is 2.65. The Balaban J connectivity index is 1.79. The third-order valence-corrected chi connectivity index (χ3v) is 6.01. The Morgan fingerprint density at radius 2 is 2.12 bits per heavy atom. The van der Waals surface area contributed by atoms with Crippen LogP contribution in [0.5, 0.6) is 0 Å². The van der Waals surface area contributed by atoms with E-state index in [1.807, 2.05) is 0 Å². The number of hydrogen-bond donors (Lipinski definition) is 1. The summed E-state index contributed by atoms with van der Waals surface area (Å²) in [5, 5.41) is 3.76. The fourth-order valence-corrected chi connectivity index (χ4v) is 4.28. The minimum absolute atomic E-state index is 0.489. The van der Waals surface area contributed by atoms with Gasteiger partial charge >= 0.3 is 0 Å². The number of hydrogen-bond acceptors (Lipinski definition) is 2. The van der Waals surface area contributed by atoms with Gasteiger partial charge in [0.15, 0.2) is 0 Å². The van der Waals surface area contributed by atoms with E-state index in [1.165, 1.54) is 37.9 Å². The van der Waals surface area contributed by atoms with Crippen molar-refractivity contribution in [1.29, 1.82) is 0 Å². The number of nitrogens with zero attached hydrogens (tertiary/aromatic N) is 1. The van der Waals surface area contributed by atoms with E-state index in [9.17, 15) is 0 Å². The first-order valence-electron chi connectivity index (χ1n) is 6.84. The maximum Gasteiger partial charge on any atom is 0.0966 e. The number of aliphatic imine (C=N–C) groups is 1. The number of rotatable bonds is 1. The van der Waals surface area contributed by atoms with Gasteiger partial charge in [0.1, 0.15) is 0 Å². The van der Waals surface area contributed by atoms with Crippen LogP contribution in [-0.4, -0.2) is 18.4 Å². The fourth-order valence-electron chi connectivity index (χ4n) is 4.28. The van der Waals surface area contributed by atoms with E-state index in [4.69, 9.17) is 0 Å². The Morgan fingerprint density at radius 3 is 2.62 bits per heavy atom. The van der Waals surface area contributed by atoms with E-state index in [-0.39, 0.29) is 0 Å². The predicted molar refractivity (Wildman–Crippen MR) is 67.7 cm³/mol. The van der Waals surface area contributed by atoms with Gasteiger partial charge in [0.2, 0.25) is 0 Å². The quantitative estimate of drug-likeness (QED) is 0.722. The molecule has 0 spiro atoms. The summed E-state index contributed by atoms with van der Waals surface area (Å²) in [5.41, 5.74) is 1.01. The summed E-state index contributed by atoms with van der Waals surface area (Å²) < 4.78 is 0. The molecule has 3 rings (SSSR count). The van der Waals surface area contributed by atoms with E-state index in [2.05, 4.69) is 31.1 Å². The molecule has 3 atom stereocenters. The van der Waals surface area contributed by atoms with Gasteiger partial charge in [0, 0.05) is 19.0 Å². The molecule has 0 aromatic rings. The van der Waals surface area contributed by atoms with Crippen LogP contribution in [-0.2, 0) is 0 Å². The van der Waals surface area contributed by atoms with Gasteiger partial charge in [-0.15, -0.1) is 0 Å². The lowest BCUT2D eigenvalue weighted by Crippen LogP contribution is -2.46. The highest BCUT2D eigenvalue weighted by molar-refractivity contribution is 5.84. The molecule has 3 aliphatic rings. The summed E-state index contributed by atoms with van der Waals surface area (Å²) in [7, 11) is 0. The zero-order valence-electron chi connectivity index (χ0n) is 10.8. The molecule has 2 nitrogen and oxygen atoms in total. The third-order valence-electron chi connectivity index (χ3n) is 6.01. The van der Waals surface area contributed by atoms with Gasteiger partial charge in [0.05, 0.1) is 5.84 Å². The normalized spacial score (nSPS) is 44.8. The first-order valence-corrected chi connectivity index (χ1v) is 6.84. The zero-order chi connectivity index (χ0) is 11.4. The van der Waals surface area contributed by atoms with Crippen LogP contribution < -0.4 is 5.32 Å². The molecule has 2 heteroatoms. The third kappa shape index (κ3) is 1.22. The zero-order valence-corrected chi connectivity index (χ0v) is 10.8. The molecule has 0 unspecified atom stereocenters. The summed E-state index contributed by atoms with van der Waals surface area (Å²) in [6.07, 6.45) is 6.63. The van der Waals surface area contributed by atoms with Gasteiger partial charge in [-0.25, -0.2) is 0 Å². The van der Waals surface area contributed by atoms with Crippen molar-refractivity contribution >= 4 is 5.84 Å². The molecule has 0 saturated heterocycles. The van der Waals surface area contributed by atoms with Crippen molar-refractivity contribution < 1.29 is 0 Å². The van der Waals surface area contributed by atoms with Gasteiger partial charge in [-0.3, -0.25) is 4.99 Å². The van der Waals surface area contributed by atoms with E-state index in [0.29, 0.717) is 16.9 Å². The Bertz CT molecular complexity index is 332. The Kier molecular flexibility index (Phi) is 2.15. The van der Waals surface area contributed by atoms with Crippen molar-refractivity contribution in [1.82, 2.24) is 5.32 Å². The topological polar surface area (TPSA) is 24.4 Å². The van der Waals surface area contributed by atoms with Gasteiger partial charge in [-0.2, -0.15) is 0 Å². The molecule has 16 heavy (non-hydrogen) atoms. The molecular weight excluding hydrogens is 196 g/mol. The lowest BCUT2D eigenvalue weighted by Gasteiger charge is -2.39. The average Bonchev–Trinajstić information content (AvgIpc) is 2.84. The first kappa shape index (κ1) is 10.6. The second kappa shape index (κ2) is 3.24. The van der Waals surface area contributed by atoms with Crippen molar-refractivity contribution in [2.45, 2.75) is 58.9 Å². The Morgan fingerprint density at radius 1 is 1.31 bits per heavy atom. The molecule has 2 bridgehead atoms. The molecular formula is C14H24N2. The van der Waals surface area contributed by atoms with E-state index < -0.39 is 0 Å². The van der Waals surface area contributed by atoms with Gasteiger partial charge < -0.3 is 5.32 Å². The molecule has 0 amide bonds. The molecule has 90 valence electrons. The second-order valence-corrected chi connectivity index (χ2v) is 6.74. The highest BCUT2D eigenvalue weighted by Gasteiger charge is 2.61. The van der Waals surface area contributed by atoms with Gasteiger partial charge in [0.25, 0.3) is 0 Å².